The van der Waals surface area contributed by atoms with Crippen molar-refractivity contribution < 1.29 is 38.7 Å². The van der Waals surface area contributed by atoms with Gasteiger partial charge in [-0.2, -0.15) is 0 Å². The minimum Gasteiger partial charge on any atom is -0.504 e. The summed E-state index contributed by atoms with van der Waals surface area (Å²) in [6.07, 6.45) is 7.28. The second-order valence-corrected chi connectivity index (χ2v) is 9.74. The Balaban J connectivity index is 1.67. The van der Waals surface area contributed by atoms with Crippen LogP contribution >= 0.6 is 0 Å². The summed E-state index contributed by atoms with van der Waals surface area (Å²) in [6, 6.07) is 15.4. The Morgan fingerprint density at radius 3 is 2.07 bits per heavy atom. The normalized spacial score (nSPS) is 18.2. The fourth-order valence-corrected chi connectivity index (χ4v) is 5.30. The molecule has 0 amide bonds. The minimum absolute atomic E-state index is 0.00499. The Morgan fingerprint density at radius 2 is 1.39 bits per heavy atom. The van der Waals surface area contributed by atoms with Crippen molar-refractivity contribution in [1.82, 2.24) is 0 Å². The SMILES string of the molecule is COc1cc(/C=C/C(=O)CC(=O)C2C(c3ccc(OC)c(OC)c3)C=CCC2c2ccc(O)c(OC)c2)ccc1O. The molecule has 4 rings (SSSR count). The van der Waals surface area contributed by atoms with E-state index < -0.39 is 5.92 Å². The first-order valence-electron chi connectivity index (χ1n) is 13.2. The monoisotopic (exact) mass is 558 g/mol. The quantitative estimate of drug-likeness (QED) is 0.172. The molecule has 0 saturated carbocycles. The second-order valence-electron chi connectivity index (χ2n) is 9.74. The van der Waals surface area contributed by atoms with Crippen LogP contribution in [0.4, 0.5) is 0 Å². The van der Waals surface area contributed by atoms with Crippen LogP contribution in [-0.2, 0) is 9.59 Å². The van der Waals surface area contributed by atoms with Gasteiger partial charge in [-0.25, -0.2) is 0 Å². The van der Waals surface area contributed by atoms with Crippen molar-refractivity contribution in [3.63, 3.8) is 0 Å². The number of rotatable bonds is 11. The van der Waals surface area contributed by atoms with Crippen molar-refractivity contribution in [2.24, 2.45) is 5.92 Å². The average molecular weight is 559 g/mol. The van der Waals surface area contributed by atoms with Crippen LogP contribution in [0.1, 0.15) is 41.4 Å². The first kappa shape index (κ1) is 29.3. The molecule has 1 aliphatic rings. The molecule has 3 atom stereocenters. The predicted octanol–water partition coefficient (Wildman–Crippen LogP) is 5.82. The van der Waals surface area contributed by atoms with Gasteiger partial charge in [0.05, 0.1) is 34.9 Å². The van der Waals surface area contributed by atoms with Gasteiger partial charge in [0, 0.05) is 11.8 Å². The fourth-order valence-electron chi connectivity index (χ4n) is 5.30. The first-order chi connectivity index (χ1) is 19.8. The number of phenolic OH excluding ortho intramolecular Hbond substituents is 2. The number of Topliss-reactive ketones (excluding diaryl/α,β-unsaturated/α-hetero) is 1. The van der Waals surface area contributed by atoms with Gasteiger partial charge >= 0.3 is 0 Å². The summed E-state index contributed by atoms with van der Waals surface area (Å²) in [5.74, 6) is 0.00216. The smallest absolute Gasteiger partial charge is 0.163 e. The molecule has 0 radical (unpaired) electrons. The van der Waals surface area contributed by atoms with E-state index >= 15 is 0 Å². The lowest BCUT2D eigenvalue weighted by Gasteiger charge is -2.35. The number of hydrogen-bond acceptors (Lipinski definition) is 8. The number of carbonyl (C=O) groups is 2. The van der Waals surface area contributed by atoms with Gasteiger partial charge in [-0.15, -0.1) is 0 Å². The van der Waals surface area contributed by atoms with Gasteiger partial charge in [0.25, 0.3) is 0 Å². The third-order valence-electron chi connectivity index (χ3n) is 7.36. The highest BCUT2D eigenvalue weighted by molar-refractivity contribution is 6.07. The summed E-state index contributed by atoms with van der Waals surface area (Å²) in [5.41, 5.74) is 2.33. The summed E-state index contributed by atoms with van der Waals surface area (Å²) in [4.78, 5) is 27.0. The van der Waals surface area contributed by atoms with E-state index in [0.717, 1.165) is 11.1 Å². The highest BCUT2D eigenvalue weighted by Gasteiger charge is 2.38. The number of methoxy groups -OCH3 is 4. The van der Waals surface area contributed by atoms with E-state index in [4.69, 9.17) is 18.9 Å². The molecule has 214 valence electrons. The molecule has 0 saturated heterocycles. The molecule has 0 aliphatic heterocycles. The molecule has 0 fully saturated rings. The maximum atomic E-state index is 14.0. The summed E-state index contributed by atoms with van der Waals surface area (Å²) >= 11 is 0. The Labute approximate surface area is 239 Å². The topological polar surface area (TPSA) is 112 Å². The fraction of sp³-hybridized carbons (Fsp3) is 0.273. The van der Waals surface area contributed by atoms with Crippen molar-refractivity contribution in [3.05, 3.63) is 89.5 Å². The lowest BCUT2D eigenvalue weighted by molar-refractivity contribution is -0.128. The maximum absolute atomic E-state index is 14.0. The van der Waals surface area contributed by atoms with E-state index in [1.54, 1.807) is 56.7 Å². The van der Waals surface area contributed by atoms with Crippen LogP contribution in [0.2, 0.25) is 0 Å². The number of ketones is 2. The van der Waals surface area contributed by atoms with Crippen molar-refractivity contribution >= 4 is 17.6 Å². The Kier molecular flexibility index (Phi) is 9.34. The highest BCUT2D eigenvalue weighted by Crippen LogP contribution is 2.46. The molecule has 0 spiro atoms. The van der Waals surface area contributed by atoms with Crippen molar-refractivity contribution in [2.45, 2.75) is 24.7 Å². The molecular formula is C33H34O8. The zero-order chi connectivity index (χ0) is 29.5. The van der Waals surface area contributed by atoms with Gasteiger partial charge in [-0.1, -0.05) is 36.4 Å². The highest BCUT2D eigenvalue weighted by atomic mass is 16.5. The van der Waals surface area contributed by atoms with Crippen molar-refractivity contribution in [2.75, 3.05) is 28.4 Å². The van der Waals surface area contributed by atoms with E-state index in [-0.39, 0.29) is 47.1 Å². The largest absolute Gasteiger partial charge is 0.504 e. The molecule has 0 aromatic heterocycles. The Bertz CT molecular complexity index is 1470. The number of hydrogen-bond donors (Lipinski definition) is 2. The van der Waals surface area contributed by atoms with Gasteiger partial charge in [-0.05, 0) is 71.5 Å². The number of ether oxygens (including phenoxy) is 4. The average Bonchev–Trinajstić information content (AvgIpc) is 3.00. The molecule has 3 unspecified atom stereocenters. The molecule has 1 aliphatic carbocycles. The molecule has 0 bridgehead atoms. The zero-order valence-electron chi connectivity index (χ0n) is 23.5. The van der Waals surface area contributed by atoms with Gasteiger partial charge in [0.2, 0.25) is 0 Å². The summed E-state index contributed by atoms with van der Waals surface area (Å²) < 4.78 is 21.4. The number of benzene rings is 3. The molecule has 2 N–H and O–H groups in total. The van der Waals surface area contributed by atoms with E-state index in [0.29, 0.717) is 29.2 Å². The molecule has 41 heavy (non-hydrogen) atoms. The third-order valence-corrected chi connectivity index (χ3v) is 7.36. The summed E-state index contributed by atoms with van der Waals surface area (Å²) in [5, 5.41) is 20.0. The van der Waals surface area contributed by atoms with Crippen LogP contribution in [0.5, 0.6) is 34.5 Å². The second kappa shape index (κ2) is 13.1. The van der Waals surface area contributed by atoms with Gasteiger partial charge < -0.3 is 29.2 Å². The van der Waals surface area contributed by atoms with Crippen LogP contribution in [0.15, 0.2) is 72.8 Å². The van der Waals surface area contributed by atoms with Crippen LogP contribution in [0.3, 0.4) is 0 Å². The molecular weight excluding hydrogens is 524 g/mol. The molecule has 8 nitrogen and oxygen atoms in total. The van der Waals surface area contributed by atoms with Gasteiger partial charge in [0.1, 0.15) is 5.78 Å². The number of aromatic hydroxyl groups is 2. The third kappa shape index (κ3) is 6.54. The molecule has 8 heteroatoms. The predicted molar refractivity (Wildman–Crippen MR) is 155 cm³/mol. The molecule has 0 heterocycles. The van der Waals surface area contributed by atoms with Crippen LogP contribution < -0.4 is 18.9 Å². The van der Waals surface area contributed by atoms with Crippen LogP contribution in [0, 0.1) is 5.92 Å². The molecule has 3 aromatic rings. The summed E-state index contributed by atoms with van der Waals surface area (Å²) in [6.45, 7) is 0. The van der Waals surface area contributed by atoms with Gasteiger partial charge in [0.15, 0.2) is 40.3 Å². The number of allylic oxidation sites excluding steroid dienone is 3. The van der Waals surface area contributed by atoms with Gasteiger partial charge in [-0.3, -0.25) is 9.59 Å². The van der Waals surface area contributed by atoms with E-state index in [9.17, 15) is 19.8 Å². The number of phenols is 2. The van der Waals surface area contributed by atoms with E-state index in [1.165, 1.54) is 26.4 Å². The van der Waals surface area contributed by atoms with Crippen molar-refractivity contribution in [3.8, 4) is 34.5 Å². The Hall–Kier alpha value is -4.72. The van der Waals surface area contributed by atoms with Crippen molar-refractivity contribution in [1.29, 1.82) is 0 Å². The zero-order valence-corrected chi connectivity index (χ0v) is 23.5. The van der Waals surface area contributed by atoms with Crippen LogP contribution in [-0.4, -0.2) is 50.2 Å². The standard InChI is InChI=1S/C33H34O8/c1-38-29-15-11-22(18-32(29)41-4)25-7-5-6-24(21-10-14-27(36)31(17-21)40-3)33(25)28(37)19-23(34)12-8-20-9-13-26(35)30(16-20)39-2/h5,7-18,24-25,33,35-36H,6,19H2,1-4H3/b12-8+. The van der Waals surface area contributed by atoms with E-state index in [1.807, 2.05) is 24.3 Å². The minimum atomic E-state index is -0.571. The summed E-state index contributed by atoms with van der Waals surface area (Å²) in [7, 11) is 6.04. The lowest BCUT2D eigenvalue weighted by atomic mass is 9.67. The number of carbonyl (C=O) groups excluding carboxylic acids is 2. The maximum Gasteiger partial charge on any atom is 0.163 e. The van der Waals surface area contributed by atoms with E-state index in [2.05, 4.69) is 0 Å². The lowest BCUT2D eigenvalue weighted by Crippen LogP contribution is -2.31. The Morgan fingerprint density at radius 1 is 0.780 bits per heavy atom. The van der Waals surface area contributed by atoms with Crippen LogP contribution in [0.25, 0.3) is 6.08 Å². The molecule has 3 aromatic carbocycles. The first-order valence-corrected chi connectivity index (χ1v) is 13.2.